The monoisotopic (exact) mass is 348 g/mol. The van der Waals surface area contributed by atoms with Crippen molar-refractivity contribution in [3.8, 4) is 5.75 Å². The molecule has 0 amide bonds. The van der Waals surface area contributed by atoms with E-state index in [4.69, 9.17) is 5.11 Å². The van der Waals surface area contributed by atoms with E-state index in [0.717, 1.165) is 12.8 Å². The number of aromatic nitrogens is 1. The van der Waals surface area contributed by atoms with Crippen LogP contribution in [0.1, 0.15) is 55.8 Å². The molecule has 130 valence electrons. The van der Waals surface area contributed by atoms with Crippen LogP contribution in [0.5, 0.6) is 5.75 Å². The maximum atomic E-state index is 10.9. The highest BCUT2D eigenvalue weighted by atomic mass is 32.1. The first-order chi connectivity index (χ1) is 11.2. The van der Waals surface area contributed by atoms with Crippen molar-refractivity contribution < 1.29 is 15.0 Å². The lowest BCUT2D eigenvalue weighted by molar-refractivity contribution is 0.0696. The summed E-state index contributed by atoms with van der Waals surface area (Å²) in [5.41, 5.74) is 0.547. The Morgan fingerprint density at radius 1 is 1.38 bits per heavy atom. The summed E-state index contributed by atoms with van der Waals surface area (Å²) in [7, 11) is 0. The normalized spacial score (nSPS) is 11.7. The van der Waals surface area contributed by atoms with Crippen LogP contribution >= 0.6 is 11.3 Å². The molecular weight excluding hydrogens is 324 g/mol. The summed E-state index contributed by atoms with van der Waals surface area (Å²) in [6.45, 7) is 8.87. The van der Waals surface area contributed by atoms with Crippen LogP contribution in [-0.4, -0.2) is 21.2 Å². The van der Waals surface area contributed by atoms with Gasteiger partial charge in [-0.2, -0.15) is 0 Å². The Morgan fingerprint density at radius 3 is 2.67 bits per heavy atom. The molecule has 0 aliphatic heterocycles. The molecule has 0 unspecified atom stereocenters. The third-order valence-corrected chi connectivity index (χ3v) is 5.28. The van der Waals surface area contributed by atoms with Gasteiger partial charge in [-0.25, -0.2) is 9.78 Å². The van der Waals surface area contributed by atoms with Gasteiger partial charge in [-0.1, -0.05) is 34.1 Å². The SMILES string of the molecule is CC(C)CCC(C)(C)c1cnc(Nc2ccc(C(=O)O)cc2O)s1. The fourth-order valence-corrected chi connectivity index (χ4v) is 3.26. The number of nitrogens with one attached hydrogen (secondary N) is 1. The van der Waals surface area contributed by atoms with Gasteiger partial charge >= 0.3 is 5.97 Å². The minimum Gasteiger partial charge on any atom is -0.506 e. The number of rotatable bonds is 7. The highest BCUT2D eigenvalue weighted by molar-refractivity contribution is 7.15. The van der Waals surface area contributed by atoms with Gasteiger partial charge in [-0.05, 0) is 30.5 Å². The average Bonchev–Trinajstić information content (AvgIpc) is 2.96. The Morgan fingerprint density at radius 2 is 2.08 bits per heavy atom. The van der Waals surface area contributed by atoms with E-state index in [-0.39, 0.29) is 16.7 Å². The van der Waals surface area contributed by atoms with E-state index in [2.05, 4.69) is 38.0 Å². The zero-order valence-corrected chi connectivity index (χ0v) is 15.3. The van der Waals surface area contributed by atoms with E-state index in [9.17, 15) is 9.90 Å². The molecule has 1 heterocycles. The molecule has 1 aromatic carbocycles. The van der Waals surface area contributed by atoms with Gasteiger partial charge in [0.2, 0.25) is 0 Å². The topological polar surface area (TPSA) is 82.5 Å². The third-order valence-electron chi connectivity index (χ3n) is 4.01. The molecule has 1 aromatic heterocycles. The molecule has 5 nitrogen and oxygen atoms in total. The summed E-state index contributed by atoms with van der Waals surface area (Å²) >= 11 is 1.56. The first-order valence-corrected chi connectivity index (χ1v) is 8.80. The molecule has 24 heavy (non-hydrogen) atoms. The summed E-state index contributed by atoms with van der Waals surface area (Å²) < 4.78 is 0. The first kappa shape index (κ1) is 18.3. The van der Waals surface area contributed by atoms with Crippen molar-refractivity contribution in [2.24, 2.45) is 5.92 Å². The smallest absolute Gasteiger partial charge is 0.335 e. The lowest BCUT2D eigenvalue weighted by Gasteiger charge is -2.23. The molecule has 0 fully saturated rings. The van der Waals surface area contributed by atoms with Crippen LogP contribution in [0.15, 0.2) is 24.4 Å². The molecule has 0 atom stereocenters. The molecule has 2 aromatic rings. The quantitative estimate of drug-likeness (QED) is 0.613. The Bertz CT molecular complexity index is 723. The van der Waals surface area contributed by atoms with E-state index in [1.54, 1.807) is 17.4 Å². The van der Waals surface area contributed by atoms with E-state index < -0.39 is 5.97 Å². The van der Waals surface area contributed by atoms with Gasteiger partial charge < -0.3 is 15.5 Å². The van der Waals surface area contributed by atoms with Crippen molar-refractivity contribution in [3.63, 3.8) is 0 Å². The Kier molecular flexibility index (Phi) is 5.49. The Hall–Kier alpha value is -2.08. The average molecular weight is 348 g/mol. The zero-order chi connectivity index (χ0) is 17.9. The van der Waals surface area contributed by atoms with Gasteiger partial charge in [0.05, 0.1) is 11.3 Å². The molecule has 0 spiro atoms. The van der Waals surface area contributed by atoms with Crippen molar-refractivity contribution in [1.82, 2.24) is 4.98 Å². The van der Waals surface area contributed by atoms with Gasteiger partial charge in [0.15, 0.2) is 5.13 Å². The molecule has 0 bridgehead atoms. The van der Waals surface area contributed by atoms with E-state index in [1.165, 1.54) is 17.0 Å². The molecule has 0 aliphatic rings. The summed E-state index contributed by atoms with van der Waals surface area (Å²) in [5, 5.41) is 22.6. The fraction of sp³-hybridized carbons (Fsp3) is 0.444. The zero-order valence-electron chi connectivity index (χ0n) is 14.5. The van der Waals surface area contributed by atoms with Crippen molar-refractivity contribution in [1.29, 1.82) is 0 Å². The molecule has 6 heteroatoms. The number of phenols is 1. The number of carbonyl (C=O) groups is 1. The molecular formula is C18H24N2O3S. The predicted molar refractivity (Wildman–Crippen MR) is 97.6 cm³/mol. The predicted octanol–water partition coefficient (Wildman–Crippen LogP) is 5.00. The molecule has 0 radical (unpaired) electrons. The minimum atomic E-state index is -1.07. The summed E-state index contributed by atoms with van der Waals surface area (Å²) in [5.74, 6) is -0.509. The van der Waals surface area contributed by atoms with Crippen LogP contribution in [-0.2, 0) is 5.41 Å². The van der Waals surface area contributed by atoms with Crippen LogP contribution in [0.25, 0.3) is 0 Å². The summed E-state index contributed by atoms with van der Waals surface area (Å²) in [6, 6.07) is 4.22. The Labute approximate surface area is 146 Å². The number of hydrogen-bond donors (Lipinski definition) is 3. The number of aromatic carboxylic acids is 1. The van der Waals surface area contributed by atoms with Crippen molar-refractivity contribution in [3.05, 3.63) is 34.8 Å². The molecule has 0 aliphatic carbocycles. The van der Waals surface area contributed by atoms with Crippen LogP contribution < -0.4 is 5.32 Å². The molecule has 0 saturated heterocycles. The number of benzene rings is 1. The molecule has 2 rings (SSSR count). The van der Waals surface area contributed by atoms with Crippen LogP contribution in [0.4, 0.5) is 10.8 Å². The second kappa shape index (κ2) is 7.21. The summed E-state index contributed by atoms with van der Waals surface area (Å²) in [6.07, 6.45) is 4.12. The van der Waals surface area contributed by atoms with Crippen molar-refractivity contribution >= 4 is 28.1 Å². The maximum Gasteiger partial charge on any atom is 0.335 e. The van der Waals surface area contributed by atoms with Gasteiger partial charge in [0.25, 0.3) is 0 Å². The lowest BCUT2D eigenvalue weighted by Crippen LogP contribution is -2.16. The number of phenolic OH excluding ortho intramolecular Hbond substituents is 1. The van der Waals surface area contributed by atoms with Gasteiger partial charge in [0.1, 0.15) is 5.75 Å². The van der Waals surface area contributed by atoms with Crippen LogP contribution in [0.2, 0.25) is 0 Å². The van der Waals surface area contributed by atoms with Crippen molar-refractivity contribution in [2.45, 2.75) is 46.0 Å². The third kappa shape index (κ3) is 4.47. The van der Waals surface area contributed by atoms with E-state index in [1.807, 2.05) is 6.20 Å². The van der Waals surface area contributed by atoms with Crippen LogP contribution in [0.3, 0.4) is 0 Å². The van der Waals surface area contributed by atoms with Gasteiger partial charge in [-0.3, -0.25) is 0 Å². The second-order valence-corrected chi connectivity index (χ2v) is 8.04. The lowest BCUT2D eigenvalue weighted by atomic mass is 9.84. The van der Waals surface area contributed by atoms with E-state index >= 15 is 0 Å². The number of anilines is 2. The summed E-state index contributed by atoms with van der Waals surface area (Å²) in [4.78, 5) is 16.5. The van der Waals surface area contributed by atoms with Gasteiger partial charge in [-0.15, -0.1) is 11.3 Å². The number of hydrogen-bond acceptors (Lipinski definition) is 5. The number of aromatic hydroxyl groups is 1. The number of carboxylic acid groups (broad SMARTS) is 1. The first-order valence-electron chi connectivity index (χ1n) is 7.98. The molecule has 0 saturated carbocycles. The van der Waals surface area contributed by atoms with Crippen molar-refractivity contribution in [2.75, 3.05) is 5.32 Å². The second-order valence-electron chi connectivity index (χ2n) is 7.01. The molecule has 3 N–H and O–H groups in total. The number of nitrogens with zero attached hydrogens (tertiary/aromatic N) is 1. The number of thiazole rings is 1. The minimum absolute atomic E-state index is 0.0488. The Balaban J connectivity index is 2.12. The van der Waals surface area contributed by atoms with E-state index in [0.29, 0.717) is 16.7 Å². The highest BCUT2D eigenvalue weighted by Gasteiger charge is 2.23. The fourth-order valence-electron chi connectivity index (χ4n) is 2.30. The van der Waals surface area contributed by atoms with Gasteiger partial charge in [0, 0.05) is 16.5 Å². The number of carboxylic acids is 1. The maximum absolute atomic E-state index is 10.9. The standard InChI is InChI=1S/C18H24N2O3S/c1-11(2)7-8-18(3,4)15-10-19-17(24-15)20-13-6-5-12(16(22)23)9-14(13)21/h5-6,9-11,21H,7-8H2,1-4H3,(H,19,20)(H,22,23). The van der Waals surface area contributed by atoms with Crippen LogP contribution in [0, 0.1) is 5.92 Å². The highest BCUT2D eigenvalue weighted by Crippen LogP contribution is 2.37. The largest absolute Gasteiger partial charge is 0.506 e.